The zero-order chi connectivity index (χ0) is 18.5. The lowest BCUT2D eigenvalue weighted by Crippen LogP contribution is -2.43. The van der Waals surface area contributed by atoms with Gasteiger partial charge >= 0.3 is 0 Å². The monoisotopic (exact) mass is 473 g/mol. The molecule has 2 aromatic carbocycles. The van der Waals surface area contributed by atoms with Gasteiger partial charge < -0.3 is 14.6 Å². The molecule has 0 aliphatic carbocycles. The Labute approximate surface area is 171 Å². The number of hydrogen-bond donors (Lipinski definition) is 2. The van der Waals surface area contributed by atoms with Crippen molar-refractivity contribution in [3.05, 3.63) is 64.2 Å². The predicted molar refractivity (Wildman–Crippen MR) is 117 cm³/mol. The molecule has 7 heteroatoms. The van der Waals surface area contributed by atoms with E-state index in [-0.39, 0.29) is 0 Å². The smallest absolute Gasteiger partial charge is 0.181 e. The molecular weight excluding hydrogens is 453 g/mol. The number of halogens is 1. The van der Waals surface area contributed by atoms with Crippen molar-refractivity contribution in [2.24, 2.45) is 5.10 Å². The van der Waals surface area contributed by atoms with E-state index in [4.69, 9.17) is 4.42 Å². The van der Waals surface area contributed by atoms with Crippen molar-refractivity contribution in [2.75, 3.05) is 36.5 Å². The second kappa shape index (κ2) is 8.53. The summed E-state index contributed by atoms with van der Waals surface area (Å²) in [6.07, 6.45) is 4.97. The Kier molecular flexibility index (Phi) is 5.69. The number of nitrogens with zero attached hydrogens (tertiary/aromatic N) is 3. The third-order valence-corrected chi connectivity index (χ3v) is 5.30. The molecule has 2 heterocycles. The van der Waals surface area contributed by atoms with Crippen LogP contribution in [0, 0.1) is 3.57 Å². The Morgan fingerprint density at radius 3 is 2.67 bits per heavy atom. The Balaban J connectivity index is 1.38. The standard InChI is InChI=1S/C20H20IN5O/c21-18-11-15(1-6-19(18)26-9-7-22-8-10-26)12-24-25-17-4-2-16(3-5-17)20-13-23-14-27-20/h1-6,11-14,22,25H,7-10H2. The molecule has 0 radical (unpaired) electrons. The lowest BCUT2D eigenvalue weighted by Gasteiger charge is -2.30. The van der Waals surface area contributed by atoms with Gasteiger partial charge in [-0.15, -0.1) is 0 Å². The van der Waals surface area contributed by atoms with Crippen LogP contribution in [0.5, 0.6) is 0 Å². The van der Waals surface area contributed by atoms with Gasteiger partial charge in [0.05, 0.1) is 23.8 Å². The van der Waals surface area contributed by atoms with E-state index in [1.165, 1.54) is 15.7 Å². The first-order valence-electron chi connectivity index (χ1n) is 8.83. The highest BCUT2D eigenvalue weighted by Crippen LogP contribution is 2.24. The van der Waals surface area contributed by atoms with Crippen LogP contribution in [0.2, 0.25) is 0 Å². The van der Waals surface area contributed by atoms with Gasteiger partial charge in [0.15, 0.2) is 12.2 Å². The van der Waals surface area contributed by atoms with Crippen LogP contribution in [0.3, 0.4) is 0 Å². The molecular formula is C20H20IN5O. The summed E-state index contributed by atoms with van der Waals surface area (Å²) in [7, 11) is 0. The molecule has 0 atom stereocenters. The SMILES string of the molecule is Ic1cc(C=NNc2ccc(-c3cnco3)cc2)ccc1N1CCNCC1. The average molecular weight is 473 g/mol. The topological polar surface area (TPSA) is 65.7 Å². The maximum Gasteiger partial charge on any atom is 0.181 e. The fourth-order valence-corrected chi connectivity index (χ4v) is 3.89. The van der Waals surface area contributed by atoms with Crippen molar-refractivity contribution in [2.45, 2.75) is 0 Å². The van der Waals surface area contributed by atoms with Crippen molar-refractivity contribution in [3.63, 3.8) is 0 Å². The van der Waals surface area contributed by atoms with E-state index in [0.29, 0.717) is 0 Å². The van der Waals surface area contributed by atoms with Gasteiger partial charge in [-0.05, 0) is 64.6 Å². The van der Waals surface area contributed by atoms with Crippen molar-refractivity contribution in [1.29, 1.82) is 0 Å². The van der Waals surface area contributed by atoms with Crippen LogP contribution in [-0.4, -0.2) is 37.4 Å². The Hall–Kier alpha value is -2.39. The van der Waals surface area contributed by atoms with Crippen LogP contribution in [0.4, 0.5) is 11.4 Å². The van der Waals surface area contributed by atoms with Crippen molar-refractivity contribution in [3.8, 4) is 11.3 Å². The lowest BCUT2D eigenvalue weighted by molar-refractivity contribution is 0.572. The largest absolute Gasteiger partial charge is 0.444 e. The molecule has 1 aliphatic rings. The second-order valence-corrected chi connectivity index (χ2v) is 7.42. The summed E-state index contributed by atoms with van der Waals surface area (Å²) in [6, 6.07) is 14.3. The fourth-order valence-electron chi connectivity index (χ4n) is 3.01. The number of anilines is 2. The van der Waals surface area contributed by atoms with E-state index in [2.05, 4.69) is 66.5 Å². The molecule has 0 spiro atoms. The van der Waals surface area contributed by atoms with E-state index in [1.807, 2.05) is 30.5 Å². The predicted octanol–water partition coefficient (Wildman–Crippen LogP) is 3.80. The maximum atomic E-state index is 5.29. The summed E-state index contributed by atoms with van der Waals surface area (Å²) in [5.41, 5.74) is 7.34. The first-order valence-corrected chi connectivity index (χ1v) is 9.91. The minimum absolute atomic E-state index is 0.754. The van der Waals surface area contributed by atoms with Crippen molar-refractivity contribution >= 4 is 40.2 Å². The number of aromatic nitrogens is 1. The minimum atomic E-state index is 0.754. The quantitative estimate of drug-likeness (QED) is 0.335. The highest BCUT2D eigenvalue weighted by atomic mass is 127. The zero-order valence-corrected chi connectivity index (χ0v) is 16.9. The highest BCUT2D eigenvalue weighted by Gasteiger charge is 2.13. The van der Waals surface area contributed by atoms with Gasteiger partial charge in [0.25, 0.3) is 0 Å². The molecule has 0 unspecified atom stereocenters. The van der Waals surface area contributed by atoms with Gasteiger partial charge in [0, 0.05) is 35.3 Å². The van der Waals surface area contributed by atoms with Crippen molar-refractivity contribution < 1.29 is 4.42 Å². The first-order chi connectivity index (χ1) is 13.3. The number of benzene rings is 2. The molecule has 0 amide bonds. The minimum Gasteiger partial charge on any atom is -0.444 e. The molecule has 0 bridgehead atoms. The fraction of sp³-hybridized carbons (Fsp3) is 0.200. The summed E-state index contributed by atoms with van der Waals surface area (Å²) in [4.78, 5) is 6.36. The van der Waals surface area contributed by atoms with E-state index in [0.717, 1.165) is 48.8 Å². The third-order valence-electron chi connectivity index (χ3n) is 4.44. The summed E-state index contributed by atoms with van der Waals surface area (Å²) < 4.78 is 6.54. The number of hydrazone groups is 1. The van der Waals surface area contributed by atoms with Crippen LogP contribution in [0.25, 0.3) is 11.3 Å². The third kappa shape index (κ3) is 4.48. The van der Waals surface area contributed by atoms with Gasteiger partial charge in [0.1, 0.15) is 0 Å². The van der Waals surface area contributed by atoms with E-state index >= 15 is 0 Å². The van der Waals surface area contributed by atoms with Gasteiger partial charge in [-0.1, -0.05) is 6.07 Å². The number of rotatable bonds is 5. The molecule has 4 rings (SSSR count). The zero-order valence-electron chi connectivity index (χ0n) is 14.7. The lowest BCUT2D eigenvalue weighted by atomic mass is 10.2. The molecule has 138 valence electrons. The van der Waals surface area contributed by atoms with Crippen LogP contribution in [-0.2, 0) is 0 Å². The summed E-state index contributed by atoms with van der Waals surface area (Å²) in [6.45, 7) is 4.18. The Morgan fingerprint density at radius 1 is 1.15 bits per heavy atom. The van der Waals surface area contributed by atoms with Crippen LogP contribution >= 0.6 is 22.6 Å². The normalized spacial score (nSPS) is 14.6. The molecule has 1 aliphatic heterocycles. The number of oxazole rings is 1. The number of piperazine rings is 1. The average Bonchev–Trinajstić information content (AvgIpc) is 3.24. The Morgan fingerprint density at radius 2 is 1.96 bits per heavy atom. The summed E-state index contributed by atoms with van der Waals surface area (Å²) >= 11 is 2.40. The van der Waals surface area contributed by atoms with Gasteiger partial charge in [0.2, 0.25) is 0 Å². The Bertz CT molecular complexity index is 903. The van der Waals surface area contributed by atoms with E-state index < -0.39 is 0 Å². The first kappa shape index (κ1) is 18.0. The molecule has 6 nitrogen and oxygen atoms in total. The molecule has 27 heavy (non-hydrogen) atoms. The molecule has 1 saturated heterocycles. The number of nitrogens with one attached hydrogen (secondary N) is 2. The molecule has 3 aromatic rings. The van der Waals surface area contributed by atoms with Crippen LogP contribution in [0.15, 0.2) is 64.6 Å². The van der Waals surface area contributed by atoms with Gasteiger partial charge in [-0.3, -0.25) is 5.43 Å². The molecule has 1 fully saturated rings. The van der Waals surface area contributed by atoms with E-state index in [1.54, 1.807) is 6.20 Å². The number of hydrogen-bond acceptors (Lipinski definition) is 6. The maximum absolute atomic E-state index is 5.29. The van der Waals surface area contributed by atoms with Gasteiger partial charge in [-0.25, -0.2) is 4.98 Å². The van der Waals surface area contributed by atoms with Gasteiger partial charge in [-0.2, -0.15) is 5.10 Å². The highest BCUT2D eigenvalue weighted by molar-refractivity contribution is 14.1. The van der Waals surface area contributed by atoms with Crippen LogP contribution in [0.1, 0.15) is 5.56 Å². The van der Waals surface area contributed by atoms with Crippen molar-refractivity contribution in [1.82, 2.24) is 10.3 Å². The molecule has 0 saturated carbocycles. The van der Waals surface area contributed by atoms with Crippen LogP contribution < -0.4 is 15.6 Å². The summed E-state index contributed by atoms with van der Waals surface area (Å²) in [5.74, 6) is 0.754. The summed E-state index contributed by atoms with van der Waals surface area (Å²) in [5, 5.41) is 7.74. The molecule has 2 N–H and O–H groups in total. The molecule has 1 aromatic heterocycles. The van der Waals surface area contributed by atoms with E-state index in [9.17, 15) is 0 Å². The second-order valence-electron chi connectivity index (χ2n) is 6.26.